The molecule has 0 aliphatic carbocycles. The number of rotatable bonds is 3. The molecule has 4 heteroatoms. The van der Waals surface area contributed by atoms with Crippen LogP contribution < -0.4 is 10.1 Å². The Hall–Kier alpha value is -1.13. The fraction of sp³-hybridized carbons (Fsp3) is 0.538. The lowest BCUT2D eigenvalue weighted by Crippen LogP contribution is -2.34. The van der Waals surface area contributed by atoms with E-state index < -0.39 is 5.60 Å². The minimum Gasteiger partial charge on any atom is -0.496 e. The van der Waals surface area contributed by atoms with E-state index in [0.29, 0.717) is 30.7 Å². The molecule has 1 unspecified atom stereocenters. The first kappa shape index (κ1) is 12.3. The number of methoxy groups -OCH3 is 1. The molecule has 1 aliphatic heterocycles. The van der Waals surface area contributed by atoms with Gasteiger partial charge in [-0.3, -0.25) is 0 Å². The van der Waals surface area contributed by atoms with Crippen LogP contribution in [0.1, 0.15) is 17.5 Å². The molecule has 0 bridgehead atoms. The van der Waals surface area contributed by atoms with Gasteiger partial charge in [0.15, 0.2) is 0 Å². The molecule has 0 spiro atoms. The predicted molar refractivity (Wildman–Crippen MR) is 63.8 cm³/mol. The topological polar surface area (TPSA) is 41.5 Å². The Bertz CT molecular complexity index is 414. The summed E-state index contributed by atoms with van der Waals surface area (Å²) in [5.41, 5.74) is 0.499. The van der Waals surface area contributed by atoms with Crippen LogP contribution in [0.2, 0.25) is 0 Å². The largest absolute Gasteiger partial charge is 0.496 e. The van der Waals surface area contributed by atoms with Crippen molar-refractivity contribution in [3.8, 4) is 5.75 Å². The normalized spacial score (nSPS) is 24.0. The van der Waals surface area contributed by atoms with Crippen molar-refractivity contribution < 1.29 is 14.2 Å². The van der Waals surface area contributed by atoms with Crippen LogP contribution in [-0.4, -0.2) is 30.9 Å². The van der Waals surface area contributed by atoms with Gasteiger partial charge in [0.2, 0.25) is 0 Å². The first-order valence-corrected chi connectivity index (χ1v) is 5.80. The van der Waals surface area contributed by atoms with Gasteiger partial charge in [-0.1, -0.05) is 0 Å². The van der Waals surface area contributed by atoms with Gasteiger partial charge in [-0.05, 0) is 43.1 Å². The molecule has 1 heterocycles. The Balaban J connectivity index is 2.28. The molecule has 1 saturated heterocycles. The second-order valence-electron chi connectivity index (χ2n) is 4.74. The van der Waals surface area contributed by atoms with Gasteiger partial charge in [-0.15, -0.1) is 0 Å². The van der Waals surface area contributed by atoms with E-state index in [2.05, 4.69) is 5.32 Å². The second-order valence-corrected chi connectivity index (χ2v) is 4.74. The fourth-order valence-electron chi connectivity index (χ4n) is 2.26. The number of hydrogen-bond donors (Lipinski definition) is 2. The van der Waals surface area contributed by atoms with Crippen molar-refractivity contribution in [3.05, 3.63) is 29.1 Å². The van der Waals surface area contributed by atoms with Gasteiger partial charge in [0, 0.05) is 13.0 Å². The maximum Gasteiger partial charge on any atom is 0.126 e. The summed E-state index contributed by atoms with van der Waals surface area (Å²) >= 11 is 0. The third-order valence-corrected chi connectivity index (χ3v) is 3.30. The van der Waals surface area contributed by atoms with Crippen LogP contribution in [0.4, 0.5) is 4.39 Å². The van der Waals surface area contributed by atoms with Crippen LogP contribution in [0.25, 0.3) is 0 Å². The van der Waals surface area contributed by atoms with Crippen molar-refractivity contribution in [3.63, 3.8) is 0 Å². The summed E-state index contributed by atoms with van der Waals surface area (Å²) in [7, 11) is 1.56. The summed E-state index contributed by atoms with van der Waals surface area (Å²) in [6, 6.07) is 3.14. The van der Waals surface area contributed by atoms with Crippen LogP contribution >= 0.6 is 0 Å². The highest BCUT2D eigenvalue weighted by atomic mass is 19.1. The Labute approximate surface area is 101 Å². The molecular formula is C13H18FNO2. The van der Waals surface area contributed by atoms with Gasteiger partial charge in [0.25, 0.3) is 0 Å². The SMILES string of the molecule is COc1cc(C)c(F)cc1CC1(O)CCNC1. The molecule has 1 aromatic carbocycles. The molecule has 94 valence electrons. The lowest BCUT2D eigenvalue weighted by molar-refractivity contribution is 0.0612. The summed E-state index contributed by atoms with van der Waals surface area (Å²) in [6.07, 6.45) is 1.10. The van der Waals surface area contributed by atoms with E-state index in [9.17, 15) is 9.50 Å². The number of aliphatic hydroxyl groups is 1. The molecule has 1 fully saturated rings. The summed E-state index contributed by atoms with van der Waals surface area (Å²) in [5.74, 6) is 0.389. The average molecular weight is 239 g/mol. The van der Waals surface area contributed by atoms with Gasteiger partial charge in [-0.2, -0.15) is 0 Å². The van der Waals surface area contributed by atoms with Gasteiger partial charge in [0.1, 0.15) is 11.6 Å². The average Bonchev–Trinajstić information content (AvgIpc) is 2.70. The van der Waals surface area contributed by atoms with Crippen LogP contribution in [0.5, 0.6) is 5.75 Å². The van der Waals surface area contributed by atoms with E-state index in [1.165, 1.54) is 6.07 Å². The van der Waals surface area contributed by atoms with Crippen molar-refractivity contribution in [1.29, 1.82) is 0 Å². The Morgan fingerprint density at radius 3 is 2.88 bits per heavy atom. The smallest absolute Gasteiger partial charge is 0.126 e. The van der Waals surface area contributed by atoms with Crippen LogP contribution in [0.3, 0.4) is 0 Å². The zero-order valence-corrected chi connectivity index (χ0v) is 10.2. The summed E-state index contributed by atoms with van der Waals surface area (Å²) < 4.78 is 18.8. The molecule has 1 atom stereocenters. The molecule has 0 radical (unpaired) electrons. The number of hydrogen-bond acceptors (Lipinski definition) is 3. The Morgan fingerprint density at radius 2 is 2.29 bits per heavy atom. The van der Waals surface area contributed by atoms with Crippen LogP contribution in [0, 0.1) is 12.7 Å². The zero-order chi connectivity index (χ0) is 12.5. The molecule has 1 aliphatic rings. The van der Waals surface area contributed by atoms with Gasteiger partial charge in [-0.25, -0.2) is 4.39 Å². The molecule has 0 amide bonds. The number of nitrogens with one attached hydrogen (secondary N) is 1. The number of aryl methyl sites for hydroxylation is 1. The first-order chi connectivity index (χ1) is 8.04. The third kappa shape index (κ3) is 2.58. The highest BCUT2D eigenvalue weighted by molar-refractivity contribution is 5.39. The third-order valence-electron chi connectivity index (χ3n) is 3.30. The molecule has 3 nitrogen and oxygen atoms in total. The van der Waals surface area contributed by atoms with Gasteiger partial charge >= 0.3 is 0 Å². The molecule has 0 aromatic heterocycles. The second kappa shape index (κ2) is 4.63. The Kier molecular flexibility index (Phi) is 3.35. The summed E-state index contributed by atoms with van der Waals surface area (Å²) in [4.78, 5) is 0. The lowest BCUT2D eigenvalue weighted by atomic mass is 9.92. The minimum atomic E-state index is -0.783. The monoisotopic (exact) mass is 239 g/mol. The maximum atomic E-state index is 13.5. The molecule has 17 heavy (non-hydrogen) atoms. The standard InChI is InChI=1S/C13H18FNO2/c1-9-5-12(17-2)10(6-11(9)14)7-13(16)3-4-15-8-13/h5-6,15-16H,3-4,7-8H2,1-2H3. The van der Waals surface area contributed by atoms with Crippen molar-refractivity contribution >= 4 is 0 Å². The van der Waals surface area contributed by atoms with Crippen molar-refractivity contribution in [2.24, 2.45) is 0 Å². The highest BCUT2D eigenvalue weighted by Gasteiger charge is 2.32. The first-order valence-electron chi connectivity index (χ1n) is 5.80. The summed E-state index contributed by atoms with van der Waals surface area (Å²) in [5, 5.41) is 13.4. The number of halogens is 1. The maximum absolute atomic E-state index is 13.5. The number of β-amino-alcohol motifs (C(OH)–C–C–N with tert-alkyl or cyclic N) is 1. The van der Waals surface area contributed by atoms with Crippen molar-refractivity contribution in [2.75, 3.05) is 20.2 Å². The van der Waals surface area contributed by atoms with Crippen molar-refractivity contribution in [1.82, 2.24) is 5.32 Å². The van der Waals surface area contributed by atoms with Gasteiger partial charge in [0.05, 0.1) is 12.7 Å². The van der Waals surface area contributed by atoms with Crippen molar-refractivity contribution in [2.45, 2.75) is 25.4 Å². The number of ether oxygens (including phenoxy) is 1. The van der Waals surface area contributed by atoms with Crippen LogP contribution in [0.15, 0.2) is 12.1 Å². The minimum absolute atomic E-state index is 0.254. The fourth-order valence-corrected chi connectivity index (χ4v) is 2.26. The Morgan fingerprint density at radius 1 is 1.53 bits per heavy atom. The lowest BCUT2D eigenvalue weighted by Gasteiger charge is -2.22. The molecule has 0 saturated carbocycles. The van der Waals surface area contributed by atoms with E-state index in [4.69, 9.17) is 4.74 Å². The molecular weight excluding hydrogens is 221 g/mol. The van der Waals surface area contributed by atoms with E-state index in [1.54, 1.807) is 20.1 Å². The molecule has 1 aromatic rings. The van der Waals surface area contributed by atoms with E-state index in [-0.39, 0.29) is 5.82 Å². The zero-order valence-electron chi connectivity index (χ0n) is 10.2. The van der Waals surface area contributed by atoms with Crippen LogP contribution in [-0.2, 0) is 6.42 Å². The number of benzene rings is 1. The molecule has 2 rings (SSSR count). The predicted octanol–water partition coefficient (Wildman–Crippen LogP) is 1.41. The van der Waals surface area contributed by atoms with E-state index >= 15 is 0 Å². The summed E-state index contributed by atoms with van der Waals surface area (Å²) in [6.45, 7) is 3.05. The highest BCUT2D eigenvalue weighted by Crippen LogP contribution is 2.28. The van der Waals surface area contributed by atoms with E-state index in [1.807, 2.05) is 0 Å². The quantitative estimate of drug-likeness (QED) is 0.838. The molecule has 2 N–H and O–H groups in total. The van der Waals surface area contributed by atoms with E-state index in [0.717, 1.165) is 12.1 Å². The van der Waals surface area contributed by atoms with Gasteiger partial charge < -0.3 is 15.2 Å².